The third kappa shape index (κ3) is 4.30. The summed E-state index contributed by atoms with van der Waals surface area (Å²) in [6.07, 6.45) is 0. The number of thioether (sulfide) groups is 1. The van der Waals surface area contributed by atoms with Gasteiger partial charge >= 0.3 is 0 Å². The minimum Gasteiger partial charge on any atom is -0.493 e. The van der Waals surface area contributed by atoms with Crippen LogP contribution in [0, 0.1) is 5.41 Å². The minimum absolute atomic E-state index is 0.0840. The summed E-state index contributed by atoms with van der Waals surface area (Å²) in [6, 6.07) is 5.40. The molecule has 154 valence electrons. The average molecular weight is 427 g/mol. The van der Waals surface area contributed by atoms with Crippen molar-refractivity contribution >= 4 is 32.7 Å². The highest BCUT2D eigenvalue weighted by molar-refractivity contribution is 8.15. The Labute approximate surface area is 170 Å². The molecule has 28 heavy (non-hydrogen) atoms. The Balaban J connectivity index is 1.93. The third-order valence-corrected chi connectivity index (χ3v) is 8.06. The van der Waals surface area contributed by atoms with Crippen LogP contribution in [0.15, 0.2) is 23.2 Å². The molecule has 0 aromatic heterocycles. The Hall–Kier alpha value is -1.74. The van der Waals surface area contributed by atoms with Gasteiger partial charge in [0.1, 0.15) is 0 Å². The average Bonchev–Trinajstić information content (AvgIpc) is 3.06. The maximum absolute atomic E-state index is 12.5. The summed E-state index contributed by atoms with van der Waals surface area (Å²) in [6.45, 7) is 5.91. The molecule has 2 aliphatic heterocycles. The largest absolute Gasteiger partial charge is 0.493 e. The van der Waals surface area contributed by atoms with Crippen molar-refractivity contribution in [2.45, 2.75) is 38.6 Å². The molecule has 0 radical (unpaired) electrons. The van der Waals surface area contributed by atoms with Crippen molar-refractivity contribution in [2.24, 2.45) is 10.4 Å². The number of benzene rings is 1. The summed E-state index contributed by atoms with van der Waals surface area (Å²) in [5.74, 6) is 1.22. The fourth-order valence-electron chi connectivity index (χ4n) is 3.25. The van der Waals surface area contributed by atoms with E-state index in [0.29, 0.717) is 23.2 Å². The molecular formula is C19H26N2O5S2. The molecule has 0 N–H and O–H groups in total. The van der Waals surface area contributed by atoms with E-state index in [-0.39, 0.29) is 28.7 Å². The molecule has 0 spiro atoms. The number of carbonyl (C=O) groups excluding carboxylic acids is 1. The predicted molar refractivity (Wildman–Crippen MR) is 111 cm³/mol. The van der Waals surface area contributed by atoms with Crippen molar-refractivity contribution < 1.29 is 22.7 Å². The molecule has 0 aliphatic carbocycles. The Morgan fingerprint density at radius 1 is 1.21 bits per heavy atom. The highest BCUT2D eigenvalue weighted by Gasteiger charge is 2.49. The van der Waals surface area contributed by atoms with Gasteiger partial charge in [0.2, 0.25) is 0 Å². The minimum atomic E-state index is -3.08. The van der Waals surface area contributed by atoms with Crippen LogP contribution in [0.25, 0.3) is 0 Å². The van der Waals surface area contributed by atoms with Crippen LogP contribution in [0.1, 0.15) is 26.3 Å². The molecule has 1 aromatic carbocycles. The summed E-state index contributed by atoms with van der Waals surface area (Å²) < 4.78 is 34.9. The van der Waals surface area contributed by atoms with Crippen molar-refractivity contribution in [3.63, 3.8) is 0 Å². The lowest BCUT2D eigenvalue weighted by Crippen LogP contribution is -2.37. The Morgan fingerprint density at radius 3 is 2.50 bits per heavy atom. The van der Waals surface area contributed by atoms with Gasteiger partial charge in [0.05, 0.1) is 31.8 Å². The van der Waals surface area contributed by atoms with Gasteiger partial charge < -0.3 is 14.4 Å². The van der Waals surface area contributed by atoms with Crippen molar-refractivity contribution in [1.29, 1.82) is 0 Å². The van der Waals surface area contributed by atoms with E-state index in [9.17, 15) is 13.2 Å². The molecular weight excluding hydrogens is 400 g/mol. The lowest BCUT2D eigenvalue weighted by molar-refractivity contribution is -0.124. The quantitative estimate of drug-likeness (QED) is 0.730. The van der Waals surface area contributed by atoms with Crippen LogP contribution in [0.4, 0.5) is 0 Å². The SMILES string of the molecule is COc1ccc(CN2C(=NC(=O)C(C)(C)C)S[C@@H]3CS(=O)(=O)C[C@@H]32)cc1OC. The summed E-state index contributed by atoms with van der Waals surface area (Å²) in [7, 11) is 0.0645. The highest BCUT2D eigenvalue weighted by Crippen LogP contribution is 2.40. The predicted octanol–water partition coefficient (Wildman–Crippen LogP) is 2.35. The maximum atomic E-state index is 12.5. The summed E-state index contributed by atoms with van der Waals surface area (Å²) in [4.78, 5) is 18.8. The normalized spacial score (nSPS) is 25.0. The van der Waals surface area contributed by atoms with Gasteiger partial charge in [0, 0.05) is 17.2 Å². The number of amidine groups is 1. The lowest BCUT2D eigenvalue weighted by atomic mass is 9.96. The summed E-state index contributed by atoms with van der Waals surface area (Å²) in [5.41, 5.74) is 0.339. The third-order valence-electron chi connectivity index (χ3n) is 4.81. The molecule has 2 aliphatic rings. The molecule has 2 fully saturated rings. The van der Waals surface area contributed by atoms with E-state index in [2.05, 4.69) is 4.99 Å². The highest BCUT2D eigenvalue weighted by atomic mass is 32.2. The first kappa shape index (κ1) is 21.0. The van der Waals surface area contributed by atoms with Crippen molar-refractivity contribution in [3.05, 3.63) is 23.8 Å². The maximum Gasteiger partial charge on any atom is 0.253 e. The molecule has 7 nitrogen and oxygen atoms in total. The van der Waals surface area contributed by atoms with Gasteiger partial charge in [-0.1, -0.05) is 38.6 Å². The van der Waals surface area contributed by atoms with Gasteiger partial charge in [-0.3, -0.25) is 4.79 Å². The van der Waals surface area contributed by atoms with Gasteiger partial charge in [-0.05, 0) is 17.7 Å². The second-order valence-electron chi connectivity index (χ2n) is 8.07. The van der Waals surface area contributed by atoms with Crippen LogP contribution in [-0.2, 0) is 21.2 Å². The molecule has 9 heteroatoms. The smallest absolute Gasteiger partial charge is 0.253 e. The number of methoxy groups -OCH3 is 2. The number of hydrogen-bond acceptors (Lipinski definition) is 6. The molecule has 1 aromatic rings. The van der Waals surface area contributed by atoms with Crippen LogP contribution in [0.2, 0.25) is 0 Å². The molecule has 2 heterocycles. The van der Waals surface area contributed by atoms with Crippen LogP contribution >= 0.6 is 11.8 Å². The molecule has 1 amide bonds. The van der Waals surface area contributed by atoms with Gasteiger partial charge in [-0.25, -0.2) is 8.42 Å². The molecule has 2 atom stereocenters. The van der Waals surface area contributed by atoms with E-state index in [4.69, 9.17) is 9.47 Å². The number of fused-ring (bicyclic) bond motifs is 1. The molecule has 0 bridgehead atoms. The van der Waals surface area contributed by atoms with Crippen LogP contribution in [0.3, 0.4) is 0 Å². The van der Waals surface area contributed by atoms with Crippen molar-refractivity contribution in [3.8, 4) is 11.5 Å². The van der Waals surface area contributed by atoms with Gasteiger partial charge in [-0.15, -0.1) is 0 Å². The van der Waals surface area contributed by atoms with Gasteiger partial charge in [-0.2, -0.15) is 4.99 Å². The number of nitrogens with zero attached hydrogens (tertiary/aromatic N) is 2. The zero-order valence-corrected chi connectivity index (χ0v) is 18.4. The Kier molecular flexibility index (Phi) is 5.69. The first-order chi connectivity index (χ1) is 13.0. The van der Waals surface area contributed by atoms with Gasteiger partial charge in [0.25, 0.3) is 5.91 Å². The zero-order valence-electron chi connectivity index (χ0n) is 16.8. The number of hydrogen-bond donors (Lipinski definition) is 0. The number of carbonyl (C=O) groups is 1. The summed E-state index contributed by atoms with van der Waals surface area (Å²) in [5, 5.41) is 0.497. The lowest BCUT2D eigenvalue weighted by Gasteiger charge is -2.25. The van der Waals surface area contributed by atoms with E-state index in [1.165, 1.54) is 11.8 Å². The topological polar surface area (TPSA) is 85.3 Å². The monoisotopic (exact) mass is 426 g/mol. The summed E-state index contributed by atoms with van der Waals surface area (Å²) >= 11 is 1.39. The number of aliphatic imine (C=N–C) groups is 1. The van der Waals surface area contributed by atoms with Crippen LogP contribution < -0.4 is 9.47 Å². The zero-order chi connectivity index (χ0) is 20.7. The first-order valence-corrected chi connectivity index (χ1v) is 11.7. The van der Waals surface area contributed by atoms with E-state index in [0.717, 1.165) is 5.56 Å². The molecule has 3 rings (SSSR count). The Bertz CT molecular complexity index is 905. The van der Waals surface area contributed by atoms with E-state index in [1.807, 2.05) is 43.9 Å². The second kappa shape index (κ2) is 7.59. The number of amides is 1. The number of ether oxygens (including phenoxy) is 2. The Morgan fingerprint density at radius 2 is 1.89 bits per heavy atom. The van der Waals surface area contributed by atoms with Crippen molar-refractivity contribution in [1.82, 2.24) is 4.90 Å². The fraction of sp³-hybridized carbons (Fsp3) is 0.579. The van der Waals surface area contributed by atoms with Crippen LogP contribution in [-0.4, -0.2) is 61.4 Å². The standard InChI is InChI=1S/C19H26N2O5S2/c1-19(2,3)17(22)20-18-21(13-10-28(23,24)11-16(13)27-18)9-12-6-7-14(25-4)15(8-12)26-5/h6-8,13,16H,9-11H2,1-5H3/t13-,16+/m0/s1. The molecule has 2 saturated heterocycles. The second-order valence-corrected chi connectivity index (χ2v) is 11.4. The van der Waals surface area contributed by atoms with Crippen LogP contribution in [0.5, 0.6) is 11.5 Å². The number of rotatable bonds is 4. The molecule has 0 saturated carbocycles. The number of sulfone groups is 1. The van der Waals surface area contributed by atoms with Gasteiger partial charge in [0.15, 0.2) is 26.5 Å². The van der Waals surface area contributed by atoms with E-state index in [1.54, 1.807) is 14.2 Å². The molecule has 0 unspecified atom stereocenters. The van der Waals surface area contributed by atoms with E-state index >= 15 is 0 Å². The first-order valence-electron chi connectivity index (χ1n) is 9.02. The fourth-order valence-corrected chi connectivity index (χ4v) is 7.20. The van der Waals surface area contributed by atoms with Crippen molar-refractivity contribution in [2.75, 3.05) is 25.7 Å². The van der Waals surface area contributed by atoms with E-state index < -0.39 is 15.3 Å².